The Labute approximate surface area is 217 Å². The minimum absolute atomic E-state index is 0.0361. The van der Waals surface area contributed by atoms with E-state index in [2.05, 4.69) is 12.1 Å². The number of hydrogen-bond donors (Lipinski definition) is 0. The van der Waals surface area contributed by atoms with E-state index >= 15 is 0 Å². The molecule has 0 N–H and O–H groups in total. The summed E-state index contributed by atoms with van der Waals surface area (Å²) >= 11 is 0. The molecule has 2 aliphatic heterocycles. The summed E-state index contributed by atoms with van der Waals surface area (Å²) in [6, 6.07) is 7.89. The topological polar surface area (TPSA) is 104 Å². The molecular formula is C28H36N2O7. The first-order valence-corrected chi connectivity index (χ1v) is 12.8. The van der Waals surface area contributed by atoms with Crippen LogP contribution in [0, 0.1) is 11.8 Å². The Balaban J connectivity index is 1.60. The van der Waals surface area contributed by atoms with Crippen molar-refractivity contribution >= 4 is 29.3 Å². The molecule has 1 spiro atoms. The molecule has 1 saturated heterocycles. The maximum Gasteiger partial charge on any atom is 0.354 e. The zero-order valence-electron chi connectivity index (χ0n) is 22.4. The van der Waals surface area contributed by atoms with E-state index in [9.17, 15) is 14.4 Å². The van der Waals surface area contributed by atoms with Crippen LogP contribution in [0.4, 0.5) is 5.69 Å². The molecule has 0 saturated carbocycles. The fourth-order valence-electron chi connectivity index (χ4n) is 5.83. The van der Waals surface area contributed by atoms with Gasteiger partial charge in [0.1, 0.15) is 12.2 Å². The molecule has 0 unspecified atom stereocenters. The van der Waals surface area contributed by atoms with Gasteiger partial charge in [-0.1, -0.05) is 29.8 Å². The first-order chi connectivity index (χ1) is 17.5. The van der Waals surface area contributed by atoms with Crippen LogP contribution in [0.1, 0.15) is 58.9 Å². The van der Waals surface area contributed by atoms with Gasteiger partial charge in [0.25, 0.3) is 0 Å². The number of benzene rings is 1. The third kappa shape index (κ3) is 5.22. The lowest BCUT2D eigenvalue weighted by molar-refractivity contribution is -0.164. The number of fused-ring (bicyclic) bond motifs is 2. The molecule has 37 heavy (non-hydrogen) atoms. The molecule has 9 heteroatoms. The van der Waals surface area contributed by atoms with Gasteiger partial charge in [-0.05, 0) is 49.0 Å². The molecule has 9 nitrogen and oxygen atoms in total. The van der Waals surface area contributed by atoms with E-state index < -0.39 is 35.7 Å². The highest BCUT2D eigenvalue weighted by molar-refractivity contribution is 6.05. The fraction of sp³-hybridized carbons (Fsp3) is 0.571. The predicted octanol–water partition coefficient (Wildman–Crippen LogP) is 3.79. The van der Waals surface area contributed by atoms with Crippen molar-refractivity contribution in [3.05, 3.63) is 41.0 Å². The molecule has 1 aliphatic carbocycles. The van der Waals surface area contributed by atoms with Crippen LogP contribution in [0.25, 0.3) is 0 Å². The summed E-state index contributed by atoms with van der Waals surface area (Å²) in [5.41, 5.74) is 3.23. The number of hydrogen-bond acceptors (Lipinski definition) is 9. The van der Waals surface area contributed by atoms with Crippen LogP contribution in [0.2, 0.25) is 0 Å². The van der Waals surface area contributed by atoms with Gasteiger partial charge in [0, 0.05) is 46.5 Å². The Morgan fingerprint density at radius 3 is 2.51 bits per heavy atom. The Morgan fingerprint density at radius 1 is 1.19 bits per heavy atom. The molecule has 1 fully saturated rings. The van der Waals surface area contributed by atoms with Gasteiger partial charge in [0.15, 0.2) is 0 Å². The van der Waals surface area contributed by atoms with E-state index in [0.717, 1.165) is 28.8 Å². The Bertz CT molecular complexity index is 1120. The van der Waals surface area contributed by atoms with E-state index in [1.54, 1.807) is 0 Å². The van der Waals surface area contributed by atoms with E-state index in [4.69, 9.17) is 19.0 Å². The van der Waals surface area contributed by atoms with Gasteiger partial charge in [-0.15, -0.1) is 0 Å². The molecule has 4 rings (SSSR count). The maximum atomic E-state index is 13.3. The van der Waals surface area contributed by atoms with Crippen molar-refractivity contribution < 1.29 is 33.4 Å². The third-order valence-corrected chi connectivity index (χ3v) is 7.55. The summed E-state index contributed by atoms with van der Waals surface area (Å²) in [5.74, 6) is -1.71. The van der Waals surface area contributed by atoms with Gasteiger partial charge in [-0.25, -0.2) is 4.79 Å². The highest BCUT2D eigenvalue weighted by Crippen LogP contribution is 2.52. The number of oxime groups is 1. The van der Waals surface area contributed by atoms with Crippen LogP contribution in [0.3, 0.4) is 0 Å². The number of anilines is 1. The summed E-state index contributed by atoms with van der Waals surface area (Å²) in [5, 5.41) is 4.33. The predicted molar refractivity (Wildman–Crippen MR) is 137 cm³/mol. The van der Waals surface area contributed by atoms with Gasteiger partial charge >= 0.3 is 17.9 Å². The number of carbonyl (C=O) groups excluding carboxylic acids is 3. The maximum absolute atomic E-state index is 13.3. The summed E-state index contributed by atoms with van der Waals surface area (Å²) in [4.78, 5) is 44.7. The largest absolute Gasteiger partial charge is 0.466 e. The van der Waals surface area contributed by atoms with E-state index in [1.807, 2.05) is 50.2 Å². The summed E-state index contributed by atoms with van der Waals surface area (Å²) in [6.45, 7) is 7.15. The van der Waals surface area contributed by atoms with Crippen molar-refractivity contribution in [2.75, 3.05) is 25.6 Å². The zero-order chi connectivity index (χ0) is 26.9. The van der Waals surface area contributed by atoms with Crippen molar-refractivity contribution in [3.8, 4) is 0 Å². The lowest BCUT2D eigenvalue weighted by Crippen LogP contribution is -2.52. The highest BCUT2D eigenvalue weighted by atomic mass is 16.7. The van der Waals surface area contributed by atoms with Gasteiger partial charge in [0.2, 0.25) is 5.60 Å². The number of rotatable bonds is 8. The monoisotopic (exact) mass is 512 g/mol. The first kappa shape index (κ1) is 26.7. The standard InChI is InChI=1S/C28H36N2O7/c1-16(8-7-13-34-18(3)31)24-17(2)14-23-25(26(24)35-19(4)32)28(27(33)36-23)15-22(29-37-28)20-9-11-21(12-10-20)30(5)6/h9-12,16,23,25-26H,7-8,13-15H2,1-6H3/t16-,23+,25+,26+,28-/m0/s1. The van der Waals surface area contributed by atoms with Crippen LogP contribution in [-0.2, 0) is 33.4 Å². The fourth-order valence-corrected chi connectivity index (χ4v) is 5.83. The Hall–Kier alpha value is -3.36. The molecule has 3 aliphatic rings. The van der Waals surface area contributed by atoms with Crippen molar-refractivity contribution in [3.63, 3.8) is 0 Å². The number of nitrogens with zero attached hydrogens (tertiary/aromatic N) is 2. The summed E-state index contributed by atoms with van der Waals surface area (Å²) in [6.07, 6.45) is 1.02. The first-order valence-electron chi connectivity index (χ1n) is 12.8. The molecule has 1 aromatic carbocycles. The average molecular weight is 513 g/mol. The van der Waals surface area contributed by atoms with Gasteiger partial charge < -0.3 is 23.9 Å². The molecule has 0 amide bonds. The number of carbonyl (C=O) groups is 3. The van der Waals surface area contributed by atoms with Gasteiger partial charge in [-0.3, -0.25) is 9.59 Å². The van der Waals surface area contributed by atoms with Crippen LogP contribution in [0.15, 0.2) is 40.6 Å². The molecule has 200 valence electrons. The van der Waals surface area contributed by atoms with E-state index in [-0.39, 0.29) is 18.3 Å². The minimum atomic E-state index is -1.36. The molecule has 2 heterocycles. The molecule has 0 radical (unpaired) electrons. The quantitative estimate of drug-likeness (QED) is 0.224. The number of ether oxygens (including phenoxy) is 3. The highest BCUT2D eigenvalue weighted by Gasteiger charge is 2.67. The van der Waals surface area contributed by atoms with Gasteiger partial charge in [-0.2, -0.15) is 0 Å². The molecule has 0 aromatic heterocycles. The molecular weight excluding hydrogens is 476 g/mol. The third-order valence-electron chi connectivity index (χ3n) is 7.55. The lowest BCUT2D eigenvalue weighted by atomic mass is 9.68. The van der Waals surface area contributed by atoms with Crippen LogP contribution < -0.4 is 4.90 Å². The van der Waals surface area contributed by atoms with Crippen molar-refractivity contribution in [2.24, 2.45) is 17.0 Å². The zero-order valence-corrected chi connectivity index (χ0v) is 22.4. The molecule has 1 aromatic rings. The molecule has 5 atom stereocenters. The van der Waals surface area contributed by atoms with Gasteiger partial charge in [0.05, 0.1) is 18.2 Å². The second-order valence-corrected chi connectivity index (χ2v) is 10.5. The lowest BCUT2D eigenvalue weighted by Gasteiger charge is -2.40. The molecule has 0 bridgehead atoms. The summed E-state index contributed by atoms with van der Waals surface area (Å²) in [7, 11) is 3.94. The average Bonchev–Trinajstić information content (AvgIpc) is 3.38. The van der Waals surface area contributed by atoms with E-state index in [0.29, 0.717) is 25.2 Å². The second kappa shape index (κ2) is 10.6. The smallest absolute Gasteiger partial charge is 0.354 e. The minimum Gasteiger partial charge on any atom is -0.466 e. The van der Waals surface area contributed by atoms with Crippen LogP contribution in [0.5, 0.6) is 0 Å². The van der Waals surface area contributed by atoms with Crippen molar-refractivity contribution in [1.29, 1.82) is 0 Å². The van der Waals surface area contributed by atoms with Crippen LogP contribution >= 0.6 is 0 Å². The Morgan fingerprint density at radius 2 is 1.89 bits per heavy atom. The Kier molecular flexibility index (Phi) is 7.62. The van der Waals surface area contributed by atoms with Crippen molar-refractivity contribution in [1.82, 2.24) is 0 Å². The normalized spacial score (nSPS) is 27.2. The van der Waals surface area contributed by atoms with Crippen LogP contribution in [-0.4, -0.2) is 62.1 Å². The van der Waals surface area contributed by atoms with Crippen molar-refractivity contribution in [2.45, 2.75) is 71.2 Å². The number of esters is 3. The SMILES string of the molecule is CC(=O)OCCC[C@H](C)C1=C(C)C[C@H]2OC(=O)[C@]3(CC(c4ccc(N(C)C)cc4)=NO3)[C@H]2[C@@H]1OC(C)=O. The van der Waals surface area contributed by atoms with E-state index in [1.165, 1.54) is 13.8 Å². The second-order valence-electron chi connectivity index (χ2n) is 10.5. The summed E-state index contributed by atoms with van der Waals surface area (Å²) < 4.78 is 16.9.